The van der Waals surface area contributed by atoms with E-state index >= 15 is 0 Å². The van der Waals surface area contributed by atoms with Crippen LogP contribution in [0.5, 0.6) is 5.75 Å². The van der Waals surface area contributed by atoms with Gasteiger partial charge >= 0.3 is 0 Å². The van der Waals surface area contributed by atoms with Gasteiger partial charge in [0.25, 0.3) is 5.91 Å². The van der Waals surface area contributed by atoms with E-state index in [0.717, 1.165) is 0 Å². The minimum Gasteiger partial charge on any atom is -0.496 e. The molecule has 1 saturated heterocycles. The zero-order chi connectivity index (χ0) is 42.0. The molecule has 0 aliphatic carbocycles. The molecule has 26 heavy (non-hydrogen) atoms. The molecule has 1 aromatic carbocycles. The number of nitrogen functional groups attached to an aromatic ring is 1. The molecule has 2 rings (SSSR count). The lowest BCUT2D eigenvalue weighted by Gasteiger charge is -2.27. The van der Waals surface area contributed by atoms with Gasteiger partial charge < -0.3 is 15.8 Å². The molecule has 1 aliphatic rings. The first-order valence-corrected chi connectivity index (χ1v) is 7.93. The van der Waals surface area contributed by atoms with Crippen LogP contribution < -0.4 is 15.8 Å². The minimum atomic E-state index is -6.36. The second kappa shape index (κ2) is 8.26. The first kappa shape index (κ1) is 4.97. The molecular formula is C18H29N3O4S. The molecule has 1 amide bonds. The fourth-order valence-corrected chi connectivity index (χ4v) is 2.38. The quantitative estimate of drug-likeness (QED) is 0.633. The summed E-state index contributed by atoms with van der Waals surface area (Å²) >= 11 is 0. The van der Waals surface area contributed by atoms with E-state index in [0.29, 0.717) is 6.92 Å². The number of hydrogen-bond donors (Lipinski definition) is 2. The number of nitrogens with one attached hydrogen (secondary N) is 1. The van der Waals surface area contributed by atoms with Crippen molar-refractivity contribution < 1.29 is 53.7 Å². The van der Waals surface area contributed by atoms with Crippen LogP contribution in [-0.4, -0.2) is 57.0 Å². The Bertz CT molecular complexity index is 1720. The molecule has 0 bridgehead atoms. The van der Waals surface area contributed by atoms with E-state index in [1.54, 1.807) is 0 Å². The van der Waals surface area contributed by atoms with Crippen molar-refractivity contribution in [1.29, 1.82) is 0 Å². The Morgan fingerprint density at radius 3 is 3.19 bits per heavy atom. The fourth-order valence-electron chi connectivity index (χ4n) is 1.74. The van der Waals surface area contributed by atoms with Gasteiger partial charge in [-0.2, -0.15) is 0 Å². The predicted molar refractivity (Wildman–Crippen MR) is 102 cm³/mol. The number of nitrogens with zero attached hydrogens (tertiary/aromatic N) is 1. The molecule has 0 aromatic heterocycles. The zero-order valence-corrected chi connectivity index (χ0v) is 13.7. The van der Waals surface area contributed by atoms with Crippen LogP contribution in [0, 0.1) is 0 Å². The maximum atomic E-state index is 14.0. The highest BCUT2D eigenvalue weighted by molar-refractivity contribution is 7.91. The SMILES string of the molecule is [2H]c1c(OC([2H])([2H])[2H])c(C(=O)N([2H])C([2H])([2H])C2([2H])N(C([2H])([2H])C([2H])([2H])[2H])C([2H])(C)C([2H])([2H])C2([2H])[2H])c([2H])c(S(=O)(=O)C([2H])([2H])C([2H])([2H])[2H])c1N([2H])[2H]. The number of nitrogens with two attached hydrogens (primary N) is 1. The number of ether oxygens (including phenoxy) is 1. The van der Waals surface area contributed by atoms with E-state index in [2.05, 4.69) is 4.74 Å². The van der Waals surface area contributed by atoms with Crippen LogP contribution in [0.2, 0.25) is 4.24 Å². The monoisotopic (exact) mass is 409 g/mol. The summed E-state index contributed by atoms with van der Waals surface area (Å²) in [6.07, 6.45) is -8.27. The zero-order valence-electron chi connectivity index (χ0n) is 38.9. The highest BCUT2D eigenvalue weighted by Crippen LogP contribution is 2.29. The first-order valence-electron chi connectivity index (χ1n) is 19.3. The molecule has 3 N–H and O–H groups in total. The summed E-state index contributed by atoms with van der Waals surface area (Å²) in [6.45, 7) is -16.8. The van der Waals surface area contributed by atoms with Gasteiger partial charge in [-0.05, 0) is 32.2 Å². The molecule has 7 nitrogen and oxygen atoms in total. The molecule has 1 aromatic rings. The lowest BCUT2D eigenvalue weighted by molar-refractivity contribution is 0.0934. The van der Waals surface area contributed by atoms with E-state index < -0.39 is 130 Å². The minimum absolute atomic E-state index is 0.343. The van der Waals surface area contributed by atoms with Crippen molar-refractivity contribution >= 4 is 21.4 Å². The molecule has 2 atom stereocenters. The van der Waals surface area contributed by atoms with Gasteiger partial charge in [0.2, 0.25) is 0 Å². The van der Waals surface area contributed by atoms with Gasteiger partial charge in [0, 0.05) is 46.5 Å². The number of amides is 1. The molecule has 8 heteroatoms. The molecule has 0 spiro atoms. The van der Waals surface area contributed by atoms with Crippen LogP contribution in [0.1, 0.15) is 75.3 Å². The topological polar surface area (TPSA) is 102 Å². The average molecular weight is 410 g/mol. The van der Waals surface area contributed by atoms with Crippen molar-refractivity contribution in [3.63, 3.8) is 0 Å². The third kappa shape index (κ3) is 4.12. The normalized spacial score (nSPS) is 48.0. The molecular weight excluding hydrogens is 354 g/mol. The van der Waals surface area contributed by atoms with Gasteiger partial charge in [-0.15, -0.1) is 0 Å². The van der Waals surface area contributed by atoms with E-state index in [1.807, 2.05) is 0 Å². The van der Waals surface area contributed by atoms with Gasteiger partial charge in [-0.1, -0.05) is 13.7 Å². The predicted octanol–water partition coefficient (Wildman–Crippen LogP) is 1.67. The lowest BCUT2D eigenvalue weighted by Crippen LogP contribution is -2.42. The number of sulfone groups is 1. The third-order valence-corrected chi connectivity index (χ3v) is 4.03. The van der Waals surface area contributed by atoms with Crippen molar-refractivity contribution in [3.8, 4) is 5.75 Å². The summed E-state index contributed by atoms with van der Waals surface area (Å²) in [5, 5.41) is -1.25. The van der Waals surface area contributed by atoms with Crippen LogP contribution in [0.3, 0.4) is 0 Å². The highest BCUT2D eigenvalue weighted by atomic mass is 32.2. The number of benzene rings is 1. The Hall–Kier alpha value is -1.80. The Kier molecular flexibility index (Phi) is 1.58. The number of carbonyl (C=O) groups excluding carboxylic acids is 1. The fraction of sp³-hybridized carbons (Fsp3) is 0.611. The largest absolute Gasteiger partial charge is 0.496 e. The summed E-state index contributed by atoms with van der Waals surface area (Å²) in [5.41, 5.74) is -9.23. The Morgan fingerprint density at radius 2 is 2.50 bits per heavy atom. The van der Waals surface area contributed by atoms with E-state index in [9.17, 15) is 13.2 Å². The van der Waals surface area contributed by atoms with E-state index in [4.69, 9.17) is 35.8 Å². The van der Waals surface area contributed by atoms with Crippen molar-refractivity contribution in [2.75, 3.05) is 31.5 Å². The number of likely N-dealkylation sites (tertiary alicyclic amines) is 1. The maximum Gasteiger partial charge on any atom is 0.255 e. The standard InChI is InChI=1S/C18H29N3O4S/c1-5-21-12(3)7-8-13(21)11-20-18(22)14-9-17(26(23,24)6-2)15(19)10-16(14)25-4/h9-10,12-13H,5-8,11,19H2,1-4H3,(H,20,22)/i1D3,2D3,4D3,5D2,6D2,7D2,8D2,9D,10D,11D2,12D,13D/hD3. The van der Waals surface area contributed by atoms with Crippen molar-refractivity contribution in [2.24, 2.45) is 0 Å². The Balaban J connectivity index is 3.26. The second-order valence-corrected chi connectivity index (χ2v) is 6.12. The van der Waals surface area contributed by atoms with E-state index in [-0.39, 0.29) is 0 Å². The molecule has 146 valence electrons. The number of carbonyl (C=O) groups is 1. The first-order chi connectivity index (χ1) is 22.4. The van der Waals surface area contributed by atoms with Crippen LogP contribution in [0.25, 0.3) is 0 Å². The number of methoxy groups -OCH3 is 1. The smallest absolute Gasteiger partial charge is 0.255 e. The van der Waals surface area contributed by atoms with Crippen molar-refractivity contribution in [3.05, 3.63) is 17.6 Å². The lowest BCUT2D eigenvalue weighted by atomic mass is 10.1. The van der Waals surface area contributed by atoms with Gasteiger partial charge in [-0.3, -0.25) is 9.69 Å². The summed E-state index contributed by atoms with van der Waals surface area (Å²) in [4.78, 5) is 11.1. The summed E-state index contributed by atoms with van der Waals surface area (Å²) in [7, 11) is -10.2. The van der Waals surface area contributed by atoms with Gasteiger partial charge in [-0.25, -0.2) is 8.42 Å². The average Bonchev–Trinajstić information content (AvgIpc) is 2.99. The van der Waals surface area contributed by atoms with Gasteiger partial charge in [0.1, 0.15) is 5.75 Å². The van der Waals surface area contributed by atoms with Crippen LogP contribution in [-0.2, 0) is 9.84 Å². The molecule has 0 radical (unpaired) electrons. The number of rotatable bonds is 8. The summed E-state index contributed by atoms with van der Waals surface area (Å²) in [5.74, 6) is -4.52. The van der Waals surface area contributed by atoms with Gasteiger partial charge in [0.15, 0.2) is 14.1 Å². The molecule has 0 saturated carbocycles. The molecule has 2 unspecified atom stereocenters. The highest BCUT2D eigenvalue weighted by Gasteiger charge is 2.30. The van der Waals surface area contributed by atoms with Gasteiger partial charge in [0.05, 0.1) is 38.5 Å². The van der Waals surface area contributed by atoms with Crippen LogP contribution in [0.15, 0.2) is 17.0 Å². The van der Waals surface area contributed by atoms with E-state index in [1.165, 1.54) is 0 Å². The van der Waals surface area contributed by atoms with Crippen LogP contribution >= 0.6 is 0 Å². The number of likely N-dealkylation sites (N-methyl/N-ethyl adjacent to an activating group) is 1. The number of hydrogen-bond acceptors (Lipinski definition) is 6. The van der Waals surface area contributed by atoms with Crippen molar-refractivity contribution in [1.82, 2.24) is 10.2 Å². The number of anilines is 1. The Morgan fingerprint density at radius 1 is 1.65 bits per heavy atom. The molecule has 1 aliphatic heterocycles. The molecule has 1 fully saturated rings. The van der Waals surface area contributed by atoms with Crippen molar-refractivity contribution in [2.45, 2.75) is 50.3 Å². The van der Waals surface area contributed by atoms with Crippen LogP contribution in [0.4, 0.5) is 5.69 Å². The maximum absolute atomic E-state index is 14.0. The second-order valence-electron chi connectivity index (χ2n) is 4.50. The third-order valence-electron chi connectivity index (χ3n) is 2.93. The molecule has 1 heterocycles. The Labute approximate surface area is 192 Å². The summed E-state index contributed by atoms with van der Waals surface area (Å²) in [6, 6.07) is -12.2. The summed E-state index contributed by atoms with van der Waals surface area (Å²) < 4.78 is 239.